The molecule has 0 fully saturated rings. The summed E-state index contributed by atoms with van der Waals surface area (Å²) in [6.07, 6.45) is 0.263. The fourth-order valence-electron chi connectivity index (χ4n) is 2.66. The number of hydrogen-bond donors (Lipinski definition) is 2. The van der Waals surface area contributed by atoms with Gasteiger partial charge >= 0.3 is 0 Å². The Balaban J connectivity index is 1.88. The lowest BCUT2D eigenvalue weighted by atomic mass is 10.2. The van der Waals surface area contributed by atoms with Gasteiger partial charge in [-0.3, -0.25) is 14.2 Å². The molecule has 0 atom stereocenters. The van der Waals surface area contributed by atoms with Gasteiger partial charge in [0, 0.05) is 5.02 Å². The van der Waals surface area contributed by atoms with Crippen molar-refractivity contribution in [2.24, 2.45) is 0 Å². The van der Waals surface area contributed by atoms with Crippen molar-refractivity contribution in [3.63, 3.8) is 0 Å². The molecular formula is C20H16Cl2FN3O3S. The van der Waals surface area contributed by atoms with E-state index in [4.69, 9.17) is 23.2 Å². The van der Waals surface area contributed by atoms with Crippen molar-refractivity contribution in [3.8, 4) is 11.6 Å². The van der Waals surface area contributed by atoms with Gasteiger partial charge in [0.2, 0.25) is 11.8 Å². The van der Waals surface area contributed by atoms with Gasteiger partial charge in [0.15, 0.2) is 5.16 Å². The van der Waals surface area contributed by atoms with Gasteiger partial charge < -0.3 is 10.4 Å². The average Bonchev–Trinajstić information content (AvgIpc) is 2.70. The lowest BCUT2D eigenvalue weighted by Gasteiger charge is -2.14. The van der Waals surface area contributed by atoms with Crippen LogP contribution in [0.4, 0.5) is 10.1 Å². The predicted octanol–water partition coefficient (Wildman–Crippen LogP) is 4.68. The van der Waals surface area contributed by atoms with Gasteiger partial charge in [0.25, 0.3) is 5.56 Å². The molecule has 6 nitrogen and oxygen atoms in total. The Morgan fingerprint density at radius 2 is 1.93 bits per heavy atom. The Morgan fingerprint density at radius 1 is 1.23 bits per heavy atom. The summed E-state index contributed by atoms with van der Waals surface area (Å²) in [5, 5.41) is 13.6. The Hall–Kier alpha value is -2.55. The highest BCUT2D eigenvalue weighted by atomic mass is 35.5. The van der Waals surface area contributed by atoms with Crippen LogP contribution in [0, 0.1) is 5.82 Å². The van der Waals surface area contributed by atoms with E-state index in [1.807, 2.05) is 0 Å². The molecule has 1 heterocycles. The number of nitrogens with one attached hydrogen (secondary N) is 1. The zero-order valence-corrected chi connectivity index (χ0v) is 18.0. The maximum absolute atomic E-state index is 13.3. The first-order chi connectivity index (χ1) is 14.3. The smallest absolute Gasteiger partial charge is 0.265 e. The topological polar surface area (TPSA) is 84.2 Å². The van der Waals surface area contributed by atoms with Gasteiger partial charge in [-0.15, -0.1) is 0 Å². The summed E-state index contributed by atoms with van der Waals surface area (Å²) in [6, 6.07) is 9.93. The SMILES string of the molecule is CCc1c(O)nc(SCC(=O)Nc2ccc(Cl)cc2Cl)n(-c2ccc(F)cc2)c1=O. The number of amides is 1. The minimum atomic E-state index is -0.486. The molecule has 2 N–H and O–H groups in total. The fraction of sp³-hybridized carbons (Fsp3) is 0.150. The van der Waals surface area contributed by atoms with Crippen LogP contribution < -0.4 is 10.9 Å². The molecule has 1 aromatic heterocycles. The van der Waals surface area contributed by atoms with Crippen LogP contribution in [0.2, 0.25) is 10.0 Å². The molecule has 3 rings (SSSR count). The summed E-state index contributed by atoms with van der Waals surface area (Å²) >= 11 is 12.8. The van der Waals surface area contributed by atoms with Gasteiger partial charge in [-0.05, 0) is 48.9 Å². The summed E-state index contributed by atoms with van der Waals surface area (Å²) in [7, 11) is 0. The summed E-state index contributed by atoms with van der Waals surface area (Å²) in [4.78, 5) is 29.3. The molecule has 0 saturated carbocycles. The Kier molecular flexibility index (Phi) is 7.02. The van der Waals surface area contributed by atoms with Crippen LogP contribution in [0.3, 0.4) is 0 Å². The number of nitrogens with zero attached hydrogens (tertiary/aromatic N) is 2. The molecule has 0 bridgehead atoms. The molecule has 1 amide bonds. The molecule has 2 aromatic carbocycles. The Morgan fingerprint density at radius 3 is 2.57 bits per heavy atom. The van der Waals surface area contributed by atoms with Gasteiger partial charge in [-0.25, -0.2) is 4.39 Å². The third kappa shape index (κ3) is 4.95. The second-order valence-electron chi connectivity index (χ2n) is 6.13. The van der Waals surface area contributed by atoms with E-state index in [2.05, 4.69) is 10.3 Å². The van der Waals surface area contributed by atoms with E-state index < -0.39 is 23.2 Å². The highest BCUT2D eigenvalue weighted by Gasteiger charge is 2.18. The molecule has 0 saturated heterocycles. The summed E-state index contributed by atoms with van der Waals surface area (Å²) in [5.74, 6) is -1.37. The number of carbonyl (C=O) groups excluding carboxylic acids is 1. The van der Waals surface area contributed by atoms with E-state index in [1.54, 1.807) is 19.1 Å². The van der Waals surface area contributed by atoms with Crippen molar-refractivity contribution in [3.05, 3.63) is 74.2 Å². The summed E-state index contributed by atoms with van der Waals surface area (Å²) < 4.78 is 14.6. The quantitative estimate of drug-likeness (QED) is 0.406. The Labute approximate surface area is 185 Å². The van der Waals surface area contributed by atoms with Crippen molar-refractivity contribution in [2.75, 3.05) is 11.1 Å². The first-order valence-electron chi connectivity index (χ1n) is 8.78. The Bertz CT molecular complexity index is 1150. The second kappa shape index (κ2) is 9.51. The molecule has 3 aromatic rings. The highest BCUT2D eigenvalue weighted by molar-refractivity contribution is 7.99. The van der Waals surface area contributed by atoms with E-state index >= 15 is 0 Å². The van der Waals surface area contributed by atoms with Crippen molar-refractivity contribution in [2.45, 2.75) is 18.5 Å². The lowest BCUT2D eigenvalue weighted by molar-refractivity contribution is -0.113. The standard InChI is InChI=1S/C20H16Cl2FN3O3S/c1-2-14-18(28)25-20(26(19(14)29)13-6-4-12(23)5-7-13)30-10-17(27)24-16-8-3-11(21)9-15(16)22/h3-9,28H,2,10H2,1H3,(H,24,27). The van der Waals surface area contributed by atoms with Crippen LogP contribution in [-0.2, 0) is 11.2 Å². The predicted molar refractivity (Wildman–Crippen MR) is 117 cm³/mol. The maximum Gasteiger partial charge on any atom is 0.265 e. The van der Waals surface area contributed by atoms with Crippen LogP contribution in [0.25, 0.3) is 5.69 Å². The maximum atomic E-state index is 13.3. The molecular weight excluding hydrogens is 452 g/mol. The van der Waals surface area contributed by atoms with Crippen molar-refractivity contribution in [1.82, 2.24) is 9.55 Å². The van der Waals surface area contributed by atoms with Crippen molar-refractivity contribution in [1.29, 1.82) is 0 Å². The van der Waals surface area contributed by atoms with E-state index in [9.17, 15) is 19.1 Å². The molecule has 0 spiro atoms. The van der Waals surface area contributed by atoms with E-state index in [0.29, 0.717) is 16.4 Å². The molecule has 0 unspecified atom stereocenters. The molecule has 0 aliphatic heterocycles. The highest BCUT2D eigenvalue weighted by Crippen LogP contribution is 2.27. The van der Waals surface area contributed by atoms with Crippen LogP contribution in [-0.4, -0.2) is 26.3 Å². The van der Waals surface area contributed by atoms with Crippen LogP contribution in [0.5, 0.6) is 5.88 Å². The third-order valence-electron chi connectivity index (χ3n) is 4.10. The molecule has 0 aliphatic rings. The monoisotopic (exact) mass is 467 g/mol. The van der Waals surface area contributed by atoms with Gasteiger partial charge in [0.1, 0.15) is 5.82 Å². The van der Waals surface area contributed by atoms with E-state index in [1.165, 1.54) is 34.9 Å². The number of anilines is 1. The van der Waals surface area contributed by atoms with Crippen molar-refractivity contribution >= 4 is 46.6 Å². The normalized spacial score (nSPS) is 10.8. The van der Waals surface area contributed by atoms with Crippen LogP contribution in [0.15, 0.2) is 52.4 Å². The summed E-state index contributed by atoms with van der Waals surface area (Å²) in [6.45, 7) is 1.71. The number of hydrogen-bond acceptors (Lipinski definition) is 5. The number of benzene rings is 2. The van der Waals surface area contributed by atoms with Crippen LogP contribution >= 0.6 is 35.0 Å². The lowest BCUT2D eigenvalue weighted by Crippen LogP contribution is -2.25. The largest absolute Gasteiger partial charge is 0.493 e. The molecule has 0 radical (unpaired) electrons. The first-order valence-corrected chi connectivity index (χ1v) is 10.5. The average molecular weight is 468 g/mol. The van der Waals surface area contributed by atoms with E-state index in [-0.39, 0.29) is 27.9 Å². The zero-order valence-electron chi connectivity index (χ0n) is 15.7. The minimum Gasteiger partial charge on any atom is -0.493 e. The van der Waals surface area contributed by atoms with Gasteiger partial charge in [-0.1, -0.05) is 41.9 Å². The van der Waals surface area contributed by atoms with E-state index in [0.717, 1.165) is 11.8 Å². The number of halogens is 3. The molecule has 30 heavy (non-hydrogen) atoms. The summed E-state index contributed by atoms with van der Waals surface area (Å²) in [5.41, 5.74) is 0.397. The number of carbonyl (C=O) groups is 1. The third-order valence-corrected chi connectivity index (χ3v) is 5.59. The molecule has 10 heteroatoms. The molecule has 0 aliphatic carbocycles. The van der Waals surface area contributed by atoms with Gasteiger partial charge in [0.05, 0.1) is 27.7 Å². The first kappa shape index (κ1) is 22.1. The minimum absolute atomic E-state index is 0.0960. The number of thioether (sulfide) groups is 1. The number of rotatable bonds is 6. The zero-order chi connectivity index (χ0) is 21.8. The number of aromatic hydroxyl groups is 1. The van der Waals surface area contributed by atoms with Crippen molar-refractivity contribution < 1.29 is 14.3 Å². The second-order valence-corrected chi connectivity index (χ2v) is 7.91. The fourth-order valence-corrected chi connectivity index (χ4v) is 3.91. The molecule has 156 valence electrons. The van der Waals surface area contributed by atoms with Crippen LogP contribution in [0.1, 0.15) is 12.5 Å². The number of aromatic nitrogens is 2. The van der Waals surface area contributed by atoms with Gasteiger partial charge in [-0.2, -0.15) is 4.98 Å².